The number of hydrazine groups is 1. The maximum Gasteiger partial charge on any atom is 0.271 e. The van der Waals surface area contributed by atoms with Crippen LogP contribution in [0.5, 0.6) is 0 Å². The van der Waals surface area contributed by atoms with Gasteiger partial charge in [-0.15, -0.1) is 0 Å². The van der Waals surface area contributed by atoms with Crippen LogP contribution in [-0.2, 0) is 4.79 Å². The van der Waals surface area contributed by atoms with Gasteiger partial charge in [0.15, 0.2) is 0 Å². The van der Waals surface area contributed by atoms with Crippen molar-refractivity contribution in [1.29, 1.82) is 0 Å². The summed E-state index contributed by atoms with van der Waals surface area (Å²) in [7, 11) is 0. The summed E-state index contributed by atoms with van der Waals surface area (Å²) in [6.07, 6.45) is 3.47. The molecule has 1 aromatic heterocycles. The summed E-state index contributed by atoms with van der Waals surface area (Å²) in [5.41, 5.74) is 7.13. The minimum atomic E-state index is -0.441. The molecule has 136 valence electrons. The van der Waals surface area contributed by atoms with Crippen molar-refractivity contribution in [2.24, 2.45) is 5.92 Å². The van der Waals surface area contributed by atoms with Crippen LogP contribution in [-0.4, -0.2) is 22.7 Å². The lowest BCUT2D eigenvalue weighted by Crippen LogP contribution is -2.41. The minimum Gasteiger partial charge on any atom is -0.360 e. The minimum absolute atomic E-state index is 0.0122. The van der Waals surface area contributed by atoms with Crippen LogP contribution in [0, 0.1) is 5.92 Å². The van der Waals surface area contributed by atoms with Crippen molar-refractivity contribution in [1.82, 2.24) is 15.8 Å². The van der Waals surface area contributed by atoms with E-state index >= 15 is 0 Å². The molecule has 7 heteroatoms. The molecule has 1 aliphatic carbocycles. The Morgan fingerprint density at radius 3 is 2.33 bits per heavy atom. The molecule has 2 aromatic carbocycles. The van der Waals surface area contributed by atoms with Crippen molar-refractivity contribution in [3.63, 3.8) is 0 Å². The molecule has 27 heavy (non-hydrogen) atoms. The van der Waals surface area contributed by atoms with Crippen molar-refractivity contribution in [2.45, 2.75) is 12.8 Å². The Balaban J connectivity index is 1.36. The van der Waals surface area contributed by atoms with Crippen LogP contribution in [0.25, 0.3) is 10.9 Å². The highest BCUT2D eigenvalue weighted by molar-refractivity contribution is 6.07. The van der Waals surface area contributed by atoms with E-state index in [9.17, 15) is 14.4 Å². The molecule has 0 radical (unpaired) electrons. The van der Waals surface area contributed by atoms with Gasteiger partial charge in [-0.3, -0.25) is 25.2 Å². The normalized spacial score (nSPS) is 13.2. The van der Waals surface area contributed by atoms with Crippen molar-refractivity contribution < 1.29 is 14.4 Å². The van der Waals surface area contributed by atoms with E-state index in [4.69, 9.17) is 0 Å². The number of rotatable bonds is 4. The molecule has 4 rings (SSSR count). The number of para-hydroxylation sites is 1. The number of hydrogen-bond acceptors (Lipinski definition) is 3. The van der Waals surface area contributed by atoms with Gasteiger partial charge in [-0.05, 0) is 43.2 Å². The van der Waals surface area contributed by atoms with Gasteiger partial charge in [-0.25, -0.2) is 0 Å². The van der Waals surface area contributed by atoms with Crippen LogP contribution in [0.4, 0.5) is 5.69 Å². The fourth-order valence-electron chi connectivity index (χ4n) is 2.81. The first kappa shape index (κ1) is 16.8. The molecule has 0 atom stereocenters. The molecule has 0 saturated heterocycles. The van der Waals surface area contributed by atoms with Gasteiger partial charge in [0, 0.05) is 34.3 Å². The molecule has 0 spiro atoms. The predicted molar refractivity (Wildman–Crippen MR) is 101 cm³/mol. The van der Waals surface area contributed by atoms with Gasteiger partial charge in [-0.1, -0.05) is 18.2 Å². The third-order valence-electron chi connectivity index (χ3n) is 4.49. The summed E-state index contributed by atoms with van der Waals surface area (Å²) in [4.78, 5) is 39.3. The van der Waals surface area contributed by atoms with E-state index in [1.165, 1.54) is 0 Å². The molecular weight excluding hydrogens is 344 g/mol. The first-order valence-electron chi connectivity index (χ1n) is 8.69. The molecule has 1 saturated carbocycles. The molecule has 0 bridgehead atoms. The summed E-state index contributed by atoms with van der Waals surface area (Å²) in [6, 6.07) is 13.9. The van der Waals surface area contributed by atoms with E-state index in [0.717, 1.165) is 23.7 Å². The number of nitrogens with one attached hydrogen (secondary N) is 4. The van der Waals surface area contributed by atoms with E-state index in [0.29, 0.717) is 16.8 Å². The lowest BCUT2D eigenvalue weighted by Gasteiger charge is -2.08. The number of carbonyl (C=O) groups is 3. The molecule has 1 heterocycles. The Kier molecular flexibility index (Phi) is 4.33. The first-order valence-corrected chi connectivity index (χ1v) is 8.69. The molecular formula is C20H18N4O3. The van der Waals surface area contributed by atoms with E-state index in [-0.39, 0.29) is 11.8 Å². The summed E-state index contributed by atoms with van der Waals surface area (Å²) in [6.45, 7) is 0. The SMILES string of the molecule is O=C(NNC(=O)c1c[nH]c2ccccc12)c1ccc(NC(=O)C2CC2)cc1. The van der Waals surface area contributed by atoms with E-state index in [1.807, 2.05) is 24.3 Å². The second-order valence-electron chi connectivity index (χ2n) is 6.50. The topological polar surface area (TPSA) is 103 Å². The van der Waals surface area contributed by atoms with E-state index in [1.54, 1.807) is 30.5 Å². The van der Waals surface area contributed by atoms with Crippen LogP contribution >= 0.6 is 0 Å². The summed E-state index contributed by atoms with van der Waals surface area (Å²) >= 11 is 0. The van der Waals surface area contributed by atoms with Gasteiger partial charge < -0.3 is 10.3 Å². The summed E-state index contributed by atoms with van der Waals surface area (Å²) in [5.74, 6) is -0.719. The fraction of sp³-hybridized carbons (Fsp3) is 0.150. The second kappa shape index (κ2) is 6.95. The van der Waals surface area contributed by atoms with Gasteiger partial charge in [0.05, 0.1) is 5.56 Å². The van der Waals surface area contributed by atoms with Gasteiger partial charge >= 0.3 is 0 Å². The molecule has 3 amide bonds. The number of hydrogen-bond donors (Lipinski definition) is 4. The number of aromatic nitrogens is 1. The van der Waals surface area contributed by atoms with E-state index < -0.39 is 11.8 Å². The van der Waals surface area contributed by atoms with Gasteiger partial charge in [-0.2, -0.15) is 0 Å². The predicted octanol–water partition coefficient (Wildman–Crippen LogP) is 2.59. The number of H-pyrrole nitrogens is 1. The quantitative estimate of drug-likeness (QED) is 0.536. The number of amides is 3. The molecule has 4 N–H and O–H groups in total. The number of carbonyl (C=O) groups excluding carboxylic acids is 3. The lowest BCUT2D eigenvalue weighted by molar-refractivity contribution is -0.117. The average molecular weight is 362 g/mol. The van der Waals surface area contributed by atoms with Crippen molar-refractivity contribution in [3.05, 3.63) is 65.9 Å². The average Bonchev–Trinajstić information content (AvgIpc) is 3.46. The molecule has 3 aromatic rings. The van der Waals surface area contributed by atoms with E-state index in [2.05, 4.69) is 21.2 Å². The van der Waals surface area contributed by atoms with Crippen LogP contribution in [0.2, 0.25) is 0 Å². The molecule has 0 aliphatic heterocycles. The monoisotopic (exact) mass is 362 g/mol. The Morgan fingerprint density at radius 2 is 1.59 bits per heavy atom. The van der Waals surface area contributed by atoms with Gasteiger partial charge in [0.2, 0.25) is 5.91 Å². The number of benzene rings is 2. The highest BCUT2D eigenvalue weighted by Gasteiger charge is 2.29. The third-order valence-corrected chi connectivity index (χ3v) is 4.49. The number of fused-ring (bicyclic) bond motifs is 1. The van der Waals surface area contributed by atoms with Crippen LogP contribution in [0.1, 0.15) is 33.6 Å². The smallest absolute Gasteiger partial charge is 0.271 e. The molecule has 7 nitrogen and oxygen atoms in total. The third kappa shape index (κ3) is 3.67. The number of anilines is 1. The first-order chi connectivity index (χ1) is 13.1. The second-order valence-corrected chi connectivity index (χ2v) is 6.50. The molecule has 0 unspecified atom stereocenters. The maximum absolute atomic E-state index is 12.3. The molecule has 1 aliphatic rings. The Morgan fingerprint density at radius 1 is 0.889 bits per heavy atom. The summed E-state index contributed by atoms with van der Waals surface area (Å²) < 4.78 is 0. The largest absolute Gasteiger partial charge is 0.360 e. The highest BCUT2D eigenvalue weighted by Crippen LogP contribution is 2.30. The van der Waals surface area contributed by atoms with Crippen molar-refractivity contribution >= 4 is 34.3 Å². The zero-order valence-electron chi connectivity index (χ0n) is 14.4. The van der Waals surface area contributed by atoms with Crippen LogP contribution in [0.15, 0.2) is 54.7 Å². The highest BCUT2D eigenvalue weighted by atomic mass is 16.2. The molecule has 1 fully saturated rings. The maximum atomic E-state index is 12.3. The zero-order chi connectivity index (χ0) is 18.8. The standard InChI is InChI=1S/C20H18N4O3/c25-18(12-5-6-12)22-14-9-7-13(8-10-14)19(26)23-24-20(27)16-11-21-17-4-2-1-3-15(16)17/h1-4,7-12,21H,5-6H2,(H,22,25)(H,23,26)(H,24,27). The fourth-order valence-corrected chi connectivity index (χ4v) is 2.81. The van der Waals surface area contributed by atoms with Crippen molar-refractivity contribution in [2.75, 3.05) is 5.32 Å². The van der Waals surface area contributed by atoms with Crippen LogP contribution in [0.3, 0.4) is 0 Å². The van der Waals surface area contributed by atoms with Crippen molar-refractivity contribution in [3.8, 4) is 0 Å². The van der Waals surface area contributed by atoms with Crippen LogP contribution < -0.4 is 16.2 Å². The Hall–Kier alpha value is -3.61. The lowest BCUT2D eigenvalue weighted by atomic mass is 10.1. The van der Waals surface area contributed by atoms with Gasteiger partial charge in [0.25, 0.3) is 11.8 Å². The number of aromatic amines is 1. The summed E-state index contributed by atoms with van der Waals surface area (Å²) in [5, 5.41) is 3.59. The Labute approximate surface area is 155 Å². The van der Waals surface area contributed by atoms with Gasteiger partial charge in [0.1, 0.15) is 0 Å². The zero-order valence-corrected chi connectivity index (χ0v) is 14.4. The Bertz CT molecular complexity index is 1020.